The summed E-state index contributed by atoms with van der Waals surface area (Å²) in [7, 11) is -4.12. The first-order chi connectivity index (χ1) is 18.5. The number of likely N-dealkylation sites (N-methyl/N-ethyl adjacent to an activating group) is 1. The summed E-state index contributed by atoms with van der Waals surface area (Å²) in [4.78, 5) is 28.5. The zero-order valence-corrected chi connectivity index (χ0v) is 24.8. The van der Waals surface area contributed by atoms with Crippen LogP contribution in [-0.2, 0) is 26.2 Å². The lowest BCUT2D eigenvalue weighted by Crippen LogP contribution is -2.52. The number of aryl methyl sites for hydroxylation is 2. The number of rotatable bonds is 11. The average molecular weight is 591 g/mol. The number of amides is 2. The first-order valence-electron chi connectivity index (χ1n) is 12.6. The molecule has 1 N–H and O–H groups in total. The fourth-order valence-corrected chi connectivity index (χ4v) is 6.07. The Kier molecular flexibility index (Phi) is 10.4. The normalized spacial score (nSPS) is 12.1. The summed E-state index contributed by atoms with van der Waals surface area (Å²) in [5, 5.41) is 3.56. The van der Waals surface area contributed by atoms with Crippen LogP contribution in [0.2, 0.25) is 10.0 Å². The summed E-state index contributed by atoms with van der Waals surface area (Å²) in [5.41, 5.74) is 2.67. The molecule has 208 valence electrons. The minimum Gasteiger partial charge on any atom is -0.355 e. The molecule has 0 radical (unpaired) electrons. The Bertz CT molecular complexity index is 1430. The van der Waals surface area contributed by atoms with Crippen molar-refractivity contribution in [2.45, 2.75) is 51.6 Å². The van der Waals surface area contributed by atoms with Gasteiger partial charge in [-0.05, 0) is 74.7 Å². The fourth-order valence-electron chi connectivity index (χ4n) is 4.19. The Labute approximate surface area is 240 Å². The van der Waals surface area contributed by atoms with Crippen molar-refractivity contribution in [3.8, 4) is 0 Å². The summed E-state index contributed by atoms with van der Waals surface area (Å²) in [6.45, 7) is 7.17. The highest BCUT2D eigenvalue weighted by molar-refractivity contribution is 7.92. The third-order valence-corrected chi connectivity index (χ3v) is 8.65. The second kappa shape index (κ2) is 13.3. The standard InChI is InChI=1S/C29H33Cl2N3O4S/c1-5-27(29(36)32-6-2)33(18-22-12-13-23(30)17-26(22)31)28(35)19-34(24-9-7-8-21(4)16-24)39(37,38)25-14-10-20(3)11-15-25/h7-17,27H,5-6,18-19H2,1-4H3,(H,32,36). The Hall–Kier alpha value is -3.07. The molecule has 0 fully saturated rings. The number of hydrogen-bond acceptors (Lipinski definition) is 4. The van der Waals surface area contributed by atoms with E-state index in [4.69, 9.17) is 23.2 Å². The van der Waals surface area contributed by atoms with Crippen molar-refractivity contribution < 1.29 is 18.0 Å². The molecule has 0 bridgehead atoms. The Morgan fingerprint density at radius 3 is 2.21 bits per heavy atom. The molecular weight excluding hydrogens is 557 g/mol. The number of nitrogens with one attached hydrogen (secondary N) is 1. The van der Waals surface area contributed by atoms with Crippen LogP contribution in [0, 0.1) is 13.8 Å². The van der Waals surface area contributed by atoms with Gasteiger partial charge >= 0.3 is 0 Å². The molecule has 7 nitrogen and oxygen atoms in total. The number of halogens is 2. The fraction of sp³-hybridized carbons (Fsp3) is 0.310. The lowest BCUT2D eigenvalue weighted by atomic mass is 10.1. The maximum atomic E-state index is 14.0. The quantitative estimate of drug-likeness (QED) is 0.308. The highest BCUT2D eigenvalue weighted by Crippen LogP contribution is 2.27. The molecule has 3 rings (SSSR count). The molecule has 0 saturated carbocycles. The number of nitrogens with zero attached hydrogens (tertiary/aromatic N) is 2. The van der Waals surface area contributed by atoms with E-state index in [-0.39, 0.29) is 17.3 Å². The molecule has 0 aliphatic rings. The number of anilines is 1. The van der Waals surface area contributed by atoms with Crippen LogP contribution in [0.25, 0.3) is 0 Å². The van der Waals surface area contributed by atoms with Gasteiger partial charge in [-0.25, -0.2) is 8.42 Å². The summed E-state index contributed by atoms with van der Waals surface area (Å²) < 4.78 is 28.8. The van der Waals surface area contributed by atoms with Gasteiger partial charge in [-0.15, -0.1) is 0 Å². The molecule has 10 heteroatoms. The molecule has 0 heterocycles. The summed E-state index contributed by atoms with van der Waals surface area (Å²) >= 11 is 12.5. The molecule has 39 heavy (non-hydrogen) atoms. The minimum atomic E-state index is -4.12. The Morgan fingerprint density at radius 1 is 0.923 bits per heavy atom. The third kappa shape index (κ3) is 7.53. The van der Waals surface area contributed by atoms with Crippen molar-refractivity contribution in [3.63, 3.8) is 0 Å². The van der Waals surface area contributed by atoms with Crippen LogP contribution in [0.4, 0.5) is 5.69 Å². The van der Waals surface area contributed by atoms with Crippen molar-refractivity contribution in [2.75, 3.05) is 17.4 Å². The van der Waals surface area contributed by atoms with Gasteiger partial charge in [-0.2, -0.15) is 0 Å². The highest BCUT2D eigenvalue weighted by Gasteiger charge is 2.33. The van der Waals surface area contributed by atoms with Gasteiger partial charge in [0, 0.05) is 23.1 Å². The molecule has 0 aliphatic heterocycles. The van der Waals surface area contributed by atoms with Crippen molar-refractivity contribution >= 4 is 50.7 Å². The minimum absolute atomic E-state index is 0.00326. The van der Waals surface area contributed by atoms with Gasteiger partial charge in [0.15, 0.2) is 0 Å². The molecule has 0 spiro atoms. The molecule has 1 atom stereocenters. The lowest BCUT2D eigenvalue weighted by molar-refractivity contribution is -0.140. The third-order valence-electron chi connectivity index (χ3n) is 6.27. The molecule has 3 aromatic carbocycles. The van der Waals surface area contributed by atoms with Crippen molar-refractivity contribution in [1.82, 2.24) is 10.2 Å². The topological polar surface area (TPSA) is 86.8 Å². The van der Waals surface area contributed by atoms with Crippen LogP contribution in [0.15, 0.2) is 71.6 Å². The van der Waals surface area contributed by atoms with Crippen molar-refractivity contribution in [3.05, 3.63) is 93.5 Å². The molecular formula is C29H33Cl2N3O4S. The first-order valence-corrected chi connectivity index (χ1v) is 14.8. The van der Waals surface area contributed by atoms with Gasteiger partial charge in [-0.3, -0.25) is 13.9 Å². The number of sulfonamides is 1. The van der Waals surface area contributed by atoms with E-state index in [2.05, 4.69) is 5.32 Å². The van der Waals surface area contributed by atoms with Gasteiger partial charge in [0.1, 0.15) is 12.6 Å². The largest absolute Gasteiger partial charge is 0.355 e. The van der Waals surface area contributed by atoms with E-state index in [1.54, 1.807) is 62.4 Å². The van der Waals surface area contributed by atoms with Gasteiger partial charge in [-0.1, -0.05) is 66.0 Å². The van der Waals surface area contributed by atoms with E-state index < -0.39 is 28.5 Å². The van der Waals surface area contributed by atoms with Gasteiger partial charge in [0.25, 0.3) is 10.0 Å². The zero-order valence-electron chi connectivity index (χ0n) is 22.4. The predicted octanol–water partition coefficient (Wildman–Crippen LogP) is 5.75. The van der Waals surface area contributed by atoms with Crippen molar-refractivity contribution in [2.24, 2.45) is 0 Å². The summed E-state index contributed by atoms with van der Waals surface area (Å²) in [6.07, 6.45) is 0.317. The maximum Gasteiger partial charge on any atom is 0.264 e. The van der Waals surface area contributed by atoms with Crippen molar-refractivity contribution in [1.29, 1.82) is 0 Å². The van der Waals surface area contributed by atoms with E-state index in [9.17, 15) is 18.0 Å². The molecule has 0 aliphatic carbocycles. The number of benzene rings is 3. The van der Waals surface area contributed by atoms with Crippen LogP contribution in [0.1, 0.15) is 37.0 Å². The summed E-state index contributed by atoms with van der Waals surface area (Å²) in [5.74, 6) is -0.877. The Morgan fingerprint density at radius 2 is 1.62 bits per heavy atom. The van der Waals surface area contributed by atoms with E-state index >= 15 is 0 Å². The van der Waals surface area contributed by atoms with Gasteiger partial charge < -0.3 is 10.2 Å². The molecule has 0 aromatic heterocycles. The Balaban J connectivity index is 2.08. The molecule has 0 saturated heterocycles. The maximum absolute atomic E-state index is 14.0. The van der Waals surface area contributed by atoms with E-state index in [0.29, 0.717) is 34.3 Å². The van der Waals surface area contributed by atoms with Crippen LogP contribution in [0.3, 0.4) is 0 Å². The number of carbonyl (C=O) groups is 2. The van der Waals surface area contributed by atoms with Crippen LogP contribution in [-0.4, -0.2) is 44.3 Å². The number of hydrogen-bond donors (Lipinski definition) is 1. The van der Waals surface area contributed by atoms with E-state index in [0.717, 1.165) is 15.4 Å². The zero-order chi connectivity index (χ0) is 28.7. The average Bonchev–Trinajstić information content (AvgIpc) is 2.88. The molecule has 3 aromatic rings. The van der Waals surface area contributed by atoms with Gasteiger partial charge in [0.2, 0.25) is 11.8 Å². The van der Waals surface area contributed by atoms with E-state index in [1.165, 1.54) is 17.0 Å². The molecule has 2 amide bonds. The monoisotopic (exact) mass is 589 g/mol. The van der Waals surface area contributed by atoms with Crippen LogP contribution >= 0.6 is 23.2 Å². The number of carbonyl (C=O) groups excluding carboxylic acids is 2. The second-order valence-electron chi connectivity index (χ2n) is 9.24. The SMILES string of the molecule is CCNC(=O)C(CC)N(Cc1ccc(Cl)cc1Cl)C(=O)CN(c1cccc(C)c1)S(=O)(=O)c1ccc(C)cc1. The van der Waals surface area contributed by atoms with Crippen LogP contribution < -0.4 is 9.62 Å². The highest BCUT2D eigenvalue weighted by atomic mass is 35.5. The second-order valence-corrected chi connectivity index (χ2v) is 11.9. The summed E-state index contributed by atoms with van der Waals surface area (Å²) in [6, 6.07) is 17.5. The lowest BCUT2D eigenvalue weighted by Gasteiger charge is -2.33. The predicted molar refractivity (Wildman–Crippen MR) is 157 cm³/mol. The molecule has 1 unspecified atom stereocenters. The first kappa shape index (κ1) is 30.5. The van der Waals surface area contributed by atoms with Crippen LogP contribution in [0.5, 0.6) is 0 Å². The van der Waals surface area contributed by atoms with Gasteiger partial charge in [0.05, 0.1) is 10.6 Å². The van der Waals surface area contributed by atoms with E-state index in [1.807, 2.05) is 19.9 Å². The smallest absolute Gasteiger partial charge is 0.264 e.